The first-order chi connectivity index (χ1) is 11.7. The summed E-state index contributed by atoms with van der Waals surface area (Å²) in [5.41, 5.74) is -0.00386. The third kappa shape index (κ3) is 4.97. The molecule has 98 valence electrons. The van der Waals surface area contributed by atoms with Crippen molar-refractivity contribution in [2.75, 3.05) is 13.7 Å². The first-order valence-corrected chi connectivity index (χ1v) is 4.93. The van der Waals surface area contributed by atoms with Gasteiger partial charge in [-0.3, -0.25) is 9.59 Å². The SMILES string of the molecule is [2H]C([2H])([2H])C(=O)NC([2H])(C(=O)NC([2H])([2H])c1ccccc1)C([2H])([2H])OC. The zero-order chi connectivity index (χ0) is 20.4. The predicted molar refractivity (Wildman–Crippen MR) is 67.8 cm³/mol. The van der Waals surface area contributed by atoms with Crippen LogP contribution in [0.25, 0.3) is 0 Å². The molecule has 0 radical (unpaired) electrons. The van der Waals surface area contributed by atoms with E-state index >= 15 is 0 Å². The molecule has 1 aromatic rings. The number of hydrogen-bond donors (Lipinski definition) is 2. The molecule has 2 amide bonds. The molecule has 2 N–H and O–H groups in total. The monoisotopic (exact) mass is 258 g/mol. The van der Waals surface area contributed by atoms with Crippen molar-refractivity contribution in [3.8, 4) is 0 Å². The van der Waals surface area contributed by atoms with Gasteiger partial charge in [0.05, 0.1) is 13.4 Å². The van der Waals surface area contributed by atoms with Crippen LogP contribution in [-0.2, 0) is 20.8 Å². The van der Waals surface area contributed by atoms with Gasteiger partial charge in [0.25, 0.3) is 0 Å². The molecular formula is C13H18N2O3. The van der Waals surface area contributed by atoms with Crippen LogP contribution in [0.15, 0.2) is 30.3 Å². The van der Waals surface area contributed by atoms with E-state index in [2.05, 4.69) is 4.74 Å². The molecule has 5 nitrogen and oxygen atoms in total. The lowest BCUT2D eigenvalue weighted by Gasteiger charge is -2.16. The van der Waals surface area contributed by atoms with Crippen LogP contribution in [-0.4, -0.2) is 31.5 Å². The van der Waals surface area contributed by atoms with Gasteiger partial charge in [-0.15, -0.1) is 0 Å². The zero-order valence-corrected chi connectivity index (χ0v) is 9.61. The molecule has 0 heterocycles. The second-order valence-electron chi connectivity index (χ2n) is 3.08. The van der Waals surface area contributed by atoms with Gasteiger partial charge < -0.3 is 15.4 Å². The van der Waals surface area contributed by atoms with E-state index in [4.69, 9.17) is 11.0 Å². The second-order valence-corrected chi connectivity index (χ2v) is 3.08. The lowest BCUT2D eigenvalue weighted by molar-refractivity contribution is -0.129. The molecule has 1 aromatic carbocycles. The summed E-state index contributed by atoms with van der Waals surface area (Å²) in [6.45, 7) is -8.95. The maximum absolute atomic E-state index is 12.5. The minimum absolute atomic E-state index is 0.00386. The Morgan fingerprint density at radius 1 is 1.50 bits per heavy atom. The molecule has 18 heavy (non-hydrogen) atoms. The Labute approximate surface area is 118 Å². The summed E-state index contributed by atoms with van der Waals surface area (Å²) >= 11 is 0. The fourth-order valence-electron chi connectivity index (χ4n) is 1.06. The second kappa shape index (κ2) is 7.45. The summed E-state index contributed by atoms with van der Waals surface area (Å²) < 4.78 is 64.6. The van der Waals surface area contributed by atoms with Crippen LogP contribution in [0.2, 0.25) is 0 Å². The lowest BCUT2D eigenvalue weighted by Crippen LogP contribution is -2.48. The molecule has 5 heteroatoms. The zero-order valence-electron chi connectivity index (χ0n) is 17.6. The number of carbonyl (C=O) groups is 2. The molecule has 0 aromatic heterocycles. The molecule has 0 aliphatic carbocycles. The minimum atomic E-state index is -3.27. The normalized spacial score (nSPS) is 22.3. The van der Waals surface area contributed by atoms with E-state index in [9.17, 15) is 9.59 Å². The predicted octanol–water partition coefficient (Wildman–Crippen LogP) is 0.454. The number of methoxy groups -OCH3 is 1. The molecule has 0 bridgehead atoms. The van der Waals surface area contributed by atoms with Crippen LogP contribution in [0.1, 0.15) is 23.4 Å². The first kappa shape index (κ1) is 6.33. The Morgan fingerprint density at radius 2 is 2.22 bits per heavy atom. The molecule has 0 fully saturated rings. The number of benzene rings is 1. The van der Waals surface area contributed by atoms with Crippen molar-refractivity contribution in [1.29, 1.82) is 0 Å². The molecule has 1 unspecified atom stereocenters. The van der Waals surface area contributed by atoms with Crippen LogP contribution in [0.5, 0.6) is 0 Å². The van der Waals surface area contributed by atoms with Crippen LogP contribution in [0.3, 0.4) is 0 Å². The number of ether oxygens (including phenoxy) is 1. The van der Waals surface area contributed by atoms with Gasteiger partial charge in [-0.25, -0.2) is 0 Å². The summed E-state index contributed by atoms with van der Waals surface area (Å²) in [7, 11) is 0.809. The fraction of sp³-hybridized carbons (Fsp3) is 0.385. The molecule has 1 atom stereocenters. The number of hydrogen-bond acceptors (Lipinski definition) is 3. The number of rotatable bonds is 6. The van der Waals surface area contributed by atoms with Crippen LogP contribution in [0, 0.1) is 0 Å². The average molecular weight is 258 g/mol. The van der Waals surface area contributed by atoms with Crippen molar-refractivity contribution in [2.45, 2.75) is 19.4 Å². The summed E-state index contributed by atoms with van der Waals surface area (Å²) in [4.78, 5) is 24.2. The standard InChI is InChI=1S/C13H18N2O3/c1-10(16)15-12(9-18-2)13(17)14-8-11-6-4-3-5-7-11/h3-7,12H,8-9H2,1-2H3,(H,14,17)(H,15,16)/i1D3,8D2,9D2,12D. The molecule has 0 spiro atoms. The van der Waals surface area contributed by atoms with Gasteiger partial charge in [-0.05, 0) is 5.56 Å². The third-order valence-corrected chi connectivity index (χ3v) is 1.76. The highest BCUT2D eigenvalue weighted by Crippen LogP contribution is 1.97. The number of amides is 2. The first-order valence-electron chi connectivity index (χ1n) is 8.93. The van der Waals surface area contributed by atoms with Gasteiger partial charge >= 0.3 is 0 Å². The molecular weight excluding hydrogens is 232 g/mol. The van der Waals surface area contributed by atoms with E-state index in [1.807, 2.05) is 0 Å². The smallest absolute Gasteiger partial charge is 0.245 e. The summed E-state index contributed by atoms with van der Waals surface area (Å²) in [6.07, 6.45) is 0. The van der Waals surface area contributed by atoms with Crippen molar-refractivity contribution in [3.05, 3.63) is 35.9 Å². The van der Waals surface area contributed by atoms with Crippen molar-refractivity contribution >= 4 is 11.8 Å². The Morgan fingerprint density at radius 3 is 2.83 bits per heavy atom. The van der Waals surface area contributed by atoms with Gasteiger partial charge in [0, 0.05) is 24.6 Å². The quantitative estimate of drug-likeness (QED) is 0.778. The average Bonchev–Trinajstić information content (AvgIpc) is 2.53. The lowest BCUT2D eigenvalue weighted by atomic mass is 10.2. The highest BCUT2D eigenvalue weighted by molar-refractivity contribution is 5.86. The van der Waals surface area contributed by atoms with E-state index in [0.717, 1.165) is 7.11 Å². The maximum atomic E-state index is 12.5. The Kier molecular flexibility index (Phi) is 2.62. The summed E-state index contributed by atoms with van der Waals surface area (Å²) in [5, 5.41) is 3.28. The van der Waals surface area contributed by atoms with E-state index in [0.29, 0.717) is 0 Å². The fourth-order valence-corrected chi connectivity index (χ4v) is 1.06. The molecule has 0 aliphatic heterocycles. The van der Waals surface area contributed by atoms with Crippen LogP contribution < -0.4 is 10.6 Å². The van der Waals surface area contributed by atoms with Gasteiger partial charge in [0.1, 0.15) is 6.02 Å². The van der Waals surface area contributed by atoms with Crippen LogP contribution >= 0.6 is 0 Å². The molecule has 1 rings (SSSR count). The van der Waals surface area contributed by atoms with Crippen molar-refractivity contribution < 1.29 is 25.3 Å². The van der Waals surface area contributed by atoms with Crippen LogP contribution in [0.4, 0.5) is 0 Å². The molecule has 0 aliphatic rings. The topological polar surface area (TPSA) is 67.4 Å². The highest BCUT2D eigenvalue weighted by atomic mass is 16.5. The summed E-state index contributed by atoms with van der Waals surface area (Å²) in [6, 6.07) is 4.03. The molecule has 0 saturated heterocycles. The van der Waals surface area contributed by atoms with Gasteiger partial charge in [0.2, 0.25) is 11.8 Å². The largest absolute Gasteiger partial charge is 0.382 e. The minimum Gasteiger partial charge on any atom is -0.382 e. The van der Waals surface area contributed by atoms with E-state index < -0.39 is 37.7 Å². The Hall–Kier alpha value is -1.88. The van der Waals surface area contributed by atoms with Crippen molar-refractivity contribution in [3.63, 3.8) is 0 Å². The Balaban J connectivity index is 3.23. The molecule has 0 saturated carbocycles. The maximum Gasteiger partial charge on any atom is 0.245 e. The third-order valence-electron chi connectivity index (χ3n) is 1.76. The van der Waals surface area contributed by atoms with Gasteiger partial charge in [0.15, 0.2) is 0 Å². The van der Waals surface area contributed by atoms with Crippen molar-refractivity contribution in [1.82, 2.24) is 10.6 Å². The van der Waals surface area contributed by atoms with E-state index in [-0.39, 0.29) is 5.56 Å². The van der Waals surface area contributed by atoms with Gasteiger partial charge in [-0.2, -0.15) is 0 Å². The Bertz CT molecular complexity index is 665. The number of carbonyl (C=O) groups excluding carboxylic acids is 2. The highest BCUT2D eigenvalue weighted by Gasteiger charge is 2.18. The van der Waals surface area contributed by atoms with Gasteiger partial charge in [-0.1, -0.05) is 30.3 Å². The number of nitrogens with one attached hydrogen (secondary N) is 2. The van der Waals surface area contributed by atoms with E-state index in [1.54, 1.807) is 11.4 Å². The van der Waals surface area contributed by atoms with Crippen molar-refractivity contribution in [2.24, 2.45) is 0 Å². The summed E-state index contributed by atoms with van der Waals surface area (Å²) in [5.74, 6) is -3.39. The van der Waals surface area contributed by atoms with E-state index in [1.165, 1.54) is 29.6 Å².